The first kappa shape index (κ1) is 18.5. The van der Waals surface area contributed by atoms with Gasteiger partial charge in [-0.25, -0.2) is 8.42 Å². The molecule has 1 N–H and O–H groups in total. The Kier molecular flexibility index (Phi) is 5.66. The smallest absolute Gasteiger partial charge is 0.305 e. The summed E-state index contributed by atoms with van der Waals surface area (Å²) in [6.07, 6.45) is -0.275. The predicted molar refractivity (Wildman–Crippen MR) is 96.8 cm³/mol. The molecule has 0 saturated heterocycles. The minimum atomic E-state index is -3.85. The van der Waals surface area contributed by atoms with Crippen molar-refractivity contribution >= 4 is 37.6 Å². The Morgan fingerprint density at radius 2 is 1.62 bits per heavy atom. The van der Waals surface area contributed by atoms with Gasteiger partial charge in [0.05, 0.1) is 17.0 Å². The Morgan fingerprint density at radius 3 is 2.12 bits per heavy atom. The molecule has 5 nitrogen and oxygen atoms in total. The van der Waals surface area contributed by atoms with E-state index in [2.05, 4.69) is 15.9 Å². The lowest BCUT2D eigenvalue weighted by atomic mass is 10.1. The van der Waals surface area contributed by atoms with Crippen LogP contribution in [0.2, 0.25) is 0 Å². The number of halogens is 1. The zero-order valence-corrected chi connectivity index (χ0v) is 15.8. The normalized spacial score (nSPS) is 11.3. The van der Waals surface area contributed by atoms with Crippen molar-refractivity contribution in [3.63, 3.8) is 0 Å². The fourth-order valence-corrected chi connectivity index (χ4v) is 4.13. The molecular formula is C17H18BrNO4S. The molecule has 24 heavy (non-hydrogen) atoms. The van der Waals surface area contributed by atoms with Crippen molar-refractivity contribution in [2.75, 3.05) is 10.8 Å². The number of benzene rings is 2. The molecule has 0 unspecified atom stereocenters. The van der Waals surface area contributed by atoms with E-state index in [1.165, 1.54) is 12.1 Å². The summed E-state index contributed by atoms with van der Waals surface area (Å²) in [6, 6.07) is 11.7. The van der Waals surface area contributed by atoms with Gasteiger partial charge in [0.15, 0.2) is 0 Å². The van der Waals surface area contributed by atoms with E-state index in [-0.39, 0.29) is 17.9 Å². The topological polar surface area (TPSA) is 74.7 Å². The van der Waals surface area contributed by atoms with Gasteiger partial charge in [-0.2, -0.15) is 0 Å². The molecule has 0 atom stereocenters. The molecule has 0 spiro atoms. The summed E-state index contributed by atoms with van der Waals surface area (Å²) >= 11 is 3.28. The van der Waals surface area contributed by atoms with Gasteiger partial charge in [-0.15, -0.1) is 0 Å². The molecule has 0 aromatic heterocycles. The summed E-state index contributed by atoms with van der Waals surface area (Å²) in [6.45, 7) is 3.62. The lowest BCUT2D eigenvalue weighted by molar-refractivity contribution is -0.136. The van der Waals surface area contributed by atoms with Crippen LogP contribution in [0, 0.1) is 13.8 Å². The van der Waals surface area contributed by atoms with E-state index in [0.717, 1.165) is 19.9 Å². The van der Waals surface area contributed by atoms with Crippen LogP contribution in [0.5, 0.6) is 0 Å². The van der Waals surface area contributed by atoms with E-state index in [1.807, 2.05) is 19.9 Å². The highest BCUT2D eigenvalue weighted by Gasteiger charge is 2.25. The monoisotopic (exact) mass is 411 g/mol. The number of rotatable bonds is 6. The third-order valence-electron chi connectivity index (χ3n) is 3.42. The van der Waals surface area contributed by atoms with Gasteiger partial charge in [0.2, 0.25) is 0 Å². The molecule has 128 valence electrons. The third-order valence-corrected chi connectivity index (χ3v) is 5.80. The Bertz CT molecular complexity index is 827. The maximum atomic E-state index is 13.0. The summed E-state index contributed by atoms with van der Waals surface area (Å²) in [4.78, 5) is 11.1. The van der Waals surface area contributed by atoms with Gasteiger partial charge < -0.3 is 5.11 Å². The van der Waals surface area contributed by atoms with E-state index < -0.39 is 16.0 Å². The number of carboxylic acids is 1. The van der Waals surface area contributed by atoms with Crippen LogP contribution in [0.4, 0.5) is 5.69 Å². The predicted octanol–water partition coefficient (Wildman–Crippen LogP) is 3.74. The summed E-state index contributed by atoms with van der Waals surface area (Å²) in [5.74, 6) is -1.05. The Balaban J connectivity index is 2.52. The van der Waals surface area contributed by atoms with Crippen molar-refractivity contribution in [2.45, 2.75) is 25.2 Å². The van der Waals surface area contributed by atoms with Gasteiger partial charge in [-0.05, 0) is 61.4 Å². The number of carbonyl (C=O) groups is 1. The van der Waals surface area contributed by atoms with Crippen molar-refractivity contribution in [1.29, 1.82) is 0 Å². The van der Waals surface area contributed by atoms with Crippen LogP contribution in [0.1, 0.15) is 17.5 Å². The van der Waals surface area contributed by atoms with Crippen LogP contribution >= 0.6 is 15.9 Å². The molecule has 0 bridgehead atoms. The first-order valence-electron chi connectivity index (χ1n) is 7.28. The second-order valence-corrected chi connectivity index (χ2v) is 8.30. The molecule has 0 aliphatic rings. The van der Waals surface area contributed by atoms with Crippen LogP contribution in [0.3, 0.4) is 0 Å². The van der Waals surface area contributed by atoms with Crippen molar-refractivity contribution < 1.29 is 18.3 Å². The zero-order chi connectivity index (χ0) is 17.9. The number of aryl methyl sites for hydroxylation is 2. The maximum absolute atomic E-state index is 13.0. The van der Waals surface area contributed by atoms with Crippen LogP contribution in [0.15, 0.2) is 51.8 Å². The highest BCUT2D eigenvalue weighted by atomic mass is 79.9. The van der Waals surface area contributed by atoms with Gasteiger partial charge in [-0.3, -0.25) is 9.10 Å². The molecule has 2 aromatic carbocycles. The van der Waals surface area contributed by atoms with E-state index in [0.29, 0.717) is 5.69 Å². The minimum Gasteiger partial charge on any atom is -0.481 e. The number of hydrogen-bond acceptors (Lipinski definition) is 3. The molecule has 0 saturated carbocycles. The number of hydrogen-bond donors (Lipinski definition) is 1. The van der Waals surface area contributed by atoms with Crippen molar-refractivity contribution in [3.05, 3.63) is 58.1 Å². The highest BCUT2D eigenvalue weighted by Crippen LogP contribution is 2.27. The molecule has 2 aromatic rings. The standard InChI is InChI=1S/C17H18BrNO4S/c1-12-9-13(2)11-15(10-12)19(8-7-17(20)21)24(22,23)16-5-3-14(18)4-6-16/h3-6,9-11H,7-8H2,1-2H3,(H,20,21). The Morgan fingerprint density at radius 1 is 1.08 bits per heavy atom. The number of aliphatic carboxylic acids is 1. The molecule has 7 heteroatoms. The fourth-order valence-electron chi connectivity index (χ4n) is 2.41. The SMILES string of the molecule is Cc1cc(C)cc(N(CCC(=O)O)S(=O)(=O)c2ccc(Br)cc2)c1. The molecule has 0 amide bonds. The molecule has 0 radical (unpaired) electrons. The molecular weight excluding hydrogens is 394 g/mol. The first-order chi connectivity index (χ1) is 11.2. The number of sulfonamides is 1. The second-order valence-electron chi connectivity index (χ2n) is 5.52. The van der Waals surface area contributed by atoms with Crippen LogP contribution < -0.4 is 4.31 Å². The third kappa shape index (κ3) is 4.36. The molecule has 0 fully saturated rings. The van der Waals surface area contributed by atoms with E-state index >= 15 is 0 Å². The fraction of sp³-hybridized carbons (Fsp3) is 0.235. The van der Waals surface area contributed by atoms with Crippen LogP contribution in [0.25, 0.3) is 0 Å². The van der Waals surface area contributed by atoms with Crippen LogP contribution in [-0.2, 0) is 14.8 Å². The lowest BCUT2D eigenvalue weighted by Crippen LogP contribution is -2.33. The highest BCUT2D eigenvalue weighted by molar-refractivity contribution is 9.10. The summed E-state index contributed by atoms with van der Waals surface area (Å²) in [5, 5.41) is 8.96. The second kappa shape index (κ2) is 7.36. The molecule has 2 rings (SSSR count). The average molecular weight is 412 g/mol. The van der Waals surface area contributed by atoms with Gasteiger partial charge in [0, 0.05) is 11.0 Å². The summed E-state index contributed by atoms with van der Waals surface area (Å²) in [5.41, 5.74) is 2.30. The molecule has 0 aliphatic carbocycles. The van der Waals surface area contributed by atoms with E-state index in [4.69, 9.17) is 5.11 Å². The van der Waals surface area contributed by atoms with Crippen molar-refractivity contribution in [1.82, 2.24) is 0 Å². The lowest BCUT2D eigenvalue weighted by Gasteiger charge is -2.25. The molecule has 0 aliphatic heterocycles. The van der Waals surface area contributed by atoms with E-state index in [1.54, 1.807) is 24.3 Å². The van der Waals surface area contributed by atoms with Gasteiger partial charge in [0.25, 0.3) is 10.0 Å². The summed E-state index contributed by atoms with van der Waals surface area (Å²) in [7, 11) is -3.85. The number of carboxylic acid groups (broad SMARTS) is 1. The zero-order valence-electron chi connectivity index (χ0n) is 13.4. The average Bonchev–Trinajstić information content (AvgIpc) is 2.46. The minimum absolute atomic E-state index is 0.121. The first-order valence-corrected chi connectivity index (χ1v) is 9.52. The van der Waals surface area contributed by atoms with Gasteiger partial charge in [0.1, 0.15) is 0 Å². The summed E-state index contributed by atoms with van der Waals surface area (Å²) < 4.78 is 27.9. The molecule has 0 heterocycles. The van der Waals surface area contributed by atoms with Gasteiger partial charge >= 0.3 is 5.97 Å². The van der Waals surface area contributed by atoms with Crippen molar-refractivity contribution in [3.8, 4) is 0 Å². The number of anilines is 1. The van der Waals surface area contributed by atoms with Crippen LogP contribution in [-0.4, -0.2) is 26.0 Å². The largest absolute Gasteiger partial charge is 0.481 e. The van der Waals surface area contributed by atoms with Gasteiger partial charge in [-0.1, -0.05) is 22.0 Å². The number of nitrogens with zero attached hydrogens (tertiary/aromatic N) is 1. The van der Waals surface area contributed by atoms with E-state index in [9.17, 15) is 13.2 Å². The quantitative estimate of drug-likeness (QED) is 0.785. The van der Waals surface area contributed by atoms with Crippen molar-refractivity contribution in [2.24, 2.45) is 0 Å². The Hall–Kier alpha value is -1.86. The maximum Gasteiger partial charge on any atom is 0.305 e. The Labute approximate surface area is 150 Å².